The van der Waals surface area contributed by atoms with Crippen molar-refractivity contribution in [1.29, 1.82) is 0 Å². The molecule has 0 bridgehead atoms. The van der Waals surface area contributed by atoms with Crippen molar-refractivity contribution >= 4 is 34.2 Å². The maximum absolute atomic E-state index is 12.8. The number of halogens is 2. The highest BCUT2D eigenvalue weighted by Crippen LogP contribution is 2.22. The van der Waals surface area contributed by atoms with E-state index in [4.69, 9.17) is 0 Å². The molecular formula is C14H23BrClN3O. The van der Waals surface area contributed by atoms with Crippen LogP contribution < -0.4 is 5.32 Å². The van der Waals surface area contributed by atoms with Crippen molar-refractivity contribution in [1.82, 2.24) is 14.8 Å². The SMILES string of the molecule is CC1NCCN(C(=O)c2cc(Br)cn2C(C)C)C1C.Cl. The van der Waals surface area contributed by atoms with Gasteiger partial charge in [-0.25, -0.2) is 0 Å². The normalized spacial score (nSPS) is 22.8. The maximum atomic E-state index is 12.8. The molecule has 0 radical (unpaired) electrons. The first kappa shape index (κ1) is 17.5. The van der Waals surface area contributed by atoms with Gasteiger partial charge in [-0.2, -0.15) is 0 Å². The van der Waals surface area contributed by atoms with Gasteiger partial charge in [0.1, 0.15) is 5.69 Å². The molecule has 1 amide bonds. The Morgan fingerprint density at radius 2 is 2.10 bits per heavy atom. The number of rotatable bonds is 2. The number of hydrogen-bond acceptors (Lipinski definition) is 2. The van der Waals surface area contributed by atoms with E-state index in [0.717, 1.165) is 23.3 Å². The van der Waals surface area contributed by atoms with Gasteiger partial charge in [0.25, 0.3) is 5.91 Å². The fraction of sp³-hybridized carbons (Fsp3) is 0.643. The number of nitrogens with one attached hydrogen (secondary N) is 1. The Bertz CT molecular complexity index is 475. The van der Waals surface area contributed by atoms with Gasteiger partial charge in [-0.1, -0.05) is 0 Å². The van der Waals surface area contributed by atoms with Crippen LogP contribution in [0.3, 0.4) is 0 Å². The van der Waals surface area contributed by atoms with Crippen LogP contribution >= 0.6 is 28.3 Å². The second-order valence-electron chi connectivity index (χ2n) is 5.53. The second kappa shape index (κ2) is 6.96. The maximum Gasteiger partial charge on any atom is 0.270 e. The van der Waals surface area contributed by atoms with Gasteiger partial charge in [-0.15, -0.1) is 12.4 Å². The van der Waals surface area contributed by atoms with Crippen molar-refractivity contribution in [3.8, 4) is 0 Å². The van der Waals surface area contributed by atoms with Gasteiger partial charge < -0.3 is 14.8 Å². The van der Waals surface area contributed by atoms with E-state index >= 15 is 0 Å². The first-order valence-electron chi connectivity index (χ1n) is 6.83. The third kappa shape index (κ3) is 3.38. The zero-order valence-corrected chi connectivity index (χ0v) is 14.8. The second-order valence-corrected chi connectivity index (χ2v) is 6.44. The molecule has 1 saturated heterocycles. The summed E-state index contributed by atoms with van der Waals surface area (Å²) in [7, 11) is 0. The molecule has 2 unspecified atom stereocenters. The molecule has 1 aliphatic heterocycles. The van der Waals surface area contributed by atoms with Gasteiger partial charge in [0, 0.05) is 41.9 Å². The number of carbonyl (C=O) groups excluding carboxylic acids is 1. The lowest BCUT2D eigenvalue weighted by molar-refractivity contribution is 0.0590. The number of amides is 1. The molecule has 114 valence electrons. The summed E-state index contributed by atoms with van der Waals surface area (Å²) < 4.78 is 2.99. The average molecular weight is 365 g/mol. The van der Waals surface area contributed by atoms with E-state index in [9.17, 15) is 4.79 Å². The molecule has 6 heteroatoms. The molecule has 1 N–H and O–H groups in total. The summed E-state index contributed by atoms with van der Waals surface area (Å²) in [5.41, 5.74) is 0.767. The van der Waals surface area contributed by atoms with Gasteiger partial charge in [0.05, 0.1) is 0 Å². The average Bonchev–Trinajstić information content (AvgIpc) is 2.74. The van der Waals surface area contributed by atoms with Crippen LogP contribution in [-0.2, 0) is 0 Å². The standard InChI is InChI=1S/C14H22BrN3O.ClH/c1-9(2)18-8-12(15)7-13(18)14(19)17-6-5-16-10(3)11(17)4;/h7-11,16H,5-6H2,1-4H3;1H. The fourth-order valence-electron chi connectivity index (χ4n) is 2.53. The Balaban J connectivity index is 0.00000200. The van der Waals surface area contributed by atoms with Crippen LogP contribution in [0.4, 0.5) is 0 Å². The van der Waals surface area contributed by atoms with Gasteiger partial charge >= 0.3 is 0 Å². The Hall–Kier alpha value is -0.520. The van der Waals surface area contributed by atoms with E-state index < -0.39 is 0 Å². The van der Waals surface area contributed by atoms with Crippen LogP contribution in [0.1, 0.15) is 44.2 Å². The number of aromatic nitrogens is 1. The van der Waals surface area contributed by atoms with E-state index in [1.165, 1.54) is 0 Å². The lowest BCUT2D eigenvalue weighted by Gasteiger charge is -2.38. The fourth-order valence-corrected chi connectivity index (χ4v) is 2.97. The van der Waals surface area contributed by atoms with E-state index in [-0.39, 0.29) is 30.4 Å². The van der Waals surface area contributed by atoms with Gasteiger partial charge in [0.15, 0.2) is 0 Å². The van der Waals surface area contributed by atoms with Crippen LogP contribution in [0.2, 0.25) is 0 Å². The van der Waals surface area contributed by atoms with E-state index in [0.29, 0.717) is 6.04 Å². The molecule has 1 aliphatic rings. The van der Waals surface area contributed by atoms with Crippen molar-refractivity contribution in [2.75, 3.05) is 13.1 Å². The molecule has 20 heavy (non-hydrogen) atoms. The molecule has 1 aromatic heterocycles. The van der Waals surface area contributed by atoms with Crippen molar-refractivity contribution in [3.63, 3.8) is 0 Å². The predicted molar refractivity (Wildman–Crippen MR) is 87.7 cm³/mol. The minimum absolute atomic E-state index is 0. The van der Waals surface area contributed by atoms with Crippen molar-refractivity contribution in [2.24, 2.45) is 0 Å². The lowest BCUT2D eigenvalue weighted by atomic mass is 10.1. The van der Waals surface area contributed by atoms with Crippen molar-refractivity contribution < 1.29 is 4.79 Å². The van der Waals surface area contributed by atoms with Gasteiger partial charge in [-0.3, -0.25) is 4.79 Å². The topological polar surface area (TPSA) is 37.3 Å². The zero-order valence-electron chi connectivity index (χ0n) is 12.4. The van der Waals surface area contributed by atoms with Crippen LogP contribution in [0.25, 0.3) is 0 Å². The van der Waals surface area contributed by atoms with Crippen LogP contribution in [-0.4, -0.2) is 40.5 Å². The molecule has 2 rings (SSSR count). The smallest absolute Gasteiger partial charge is 0.270 e. The summed E-state index contributed by atoms with van der Waals surface area (Å²) in [5, 5.41) is 3.40. The Kier molecular flexibility index (Phi) is 6.10. The van der Waals surface area contributed by atoms with Crippen molar-refractivity contribution in [3.05, 3.63) is 22.4 Å². The Morgan fingerprint density at radius 3 is 2.70 bits per heavy atom. The highest BCUT2D eigenvalue weighted by Gasteiger charge is 2.30. The number of carbonyl (C=O) groups is 1. The first-order chi connectivity index (χ1) is 8.91. The molecule has 0 aromatic carbocycles. The van der Waals surface area contributed by atoms with Crippen LogP contribution in [0, 0.1) is 0 Å². The van der Waals surface area contributed by atoms with Crippen LogP contribution in [0.5, 0.6) is 0 Å². The van der Waals surface area contributed by atoms with Crippen molar-refractivity contribution in [2.45, 2.75) is 45.8 Å². The molecule has 1 aromatic rings. The highest BCUT2D eigenvalue weighted by atomic mass is 79.9. The van der Waals surface area contributed by atoms with E-state index in [2.05, 4.69) is 48.9 Å². The molecule has 1 fully saturated rings. The summed E-state index contributed by atoms with van der Waals surface area (Å²) >= 11 is 3.47. The summed E-state index contributed by atoms with van der Waals surface area (Å²) in [6.45, 7) is 10.0. The number of piperazine rings is 1. The molecule has 0 spiro atoms. The molecule has 0 saturated carbocycles. The number of hydrogen-bond donors (Lipinski definition) is 1. The monoisotopic (exact) mass is 363 g/mol. The molecular weight excluding hydrogens is 342 g/mol. The first-order valence-corrected chi connectivity index (χ1v) is 7.63. The predicted octanol–water partition coefficient (Wildman–Crippen LogP) is 3.08. The lowest BCUT2D eigenvalue weighted by Crippen LogP contribution is -2.57. The molecule has 4 nitrogen and oxygen atoms in total. The molecule has 2 heterocycles. The minimum Gasteiger partial charge on any atom is -0.340 e. The van der Waals surface area contributed by atoms with Gasteiger partial charge in [0.2, 0.25) is 0 Å². The van der Waals surface area contributed by atoms with E-state index in [1.807, 2.05) is 21.7 Å². The summed E-state index contributed by atoms with van der Waals surface area (Å²) in [6.07, 6.45) is 1.98. The third-order valence-corrected chi connectivity index (χ3v) is 4.32. The summed E-state index contributed by atoms with van der Waals surface area (Å²) in [5.74, 6) is 0.125. The van der Waals surface area contributed by atoms with E-state index in [1.54, 1.807) is 0 Å². The quantitative estimate of drug-likeness (QED) is 0.875. The third-order valence-electron chi connectivity index (χ3n) is 3.89. The van der Waals surface area contributed by atoms with Gasteiger partial charge in [-0.05, 0) is 49.7 Å². The highest BCUT2D eigenvalue weighted by molar-refractivity contribution is 9.10. The Labute approximate surface area is 135 Å². The number of nitrogens with zero attached hydrogens (tertiary/aromatic N) is 2. The molecule has 2 atom stereocenters. The zero-order chi connectivity index (χ0) is 14.2. The van der Waals surface area contributed by atoms with Crippen LogP contribution in [0.15, 0.2) is 16.7 Å². The largest absolute Gasteiger partial charge is 0.340 e. The Morgan fingerprint density at radius 1 is 1.45 bits per heavy atom. The summed E-state index contributed by atoms with van der Waals surface area (Å²) in [4.78, 5) is 14.7. The molecule has 0 aliphatic carbocycles. The summed E-state index contributed by atoms with van der Waals surface area (Å²) in [6, 6.07) is 2.75. The minimum atomic E-state index is 0.